The fraction of sp³-hybridized carbons (Fsp3) is 0.385. The van der Waals surface area contributed by atoms with Gasteiger partial charge in [0.15, 0.2) is 0 Å². The summed E-state index contributed by atoms with van der Waals surface area (Å²) in [5.74, 6) is 0.00130. The van der Waals surface area contributed by atoms with Crippen molar-refractivity contribution >= 4 is 40.4 Å². The van der Waals surface area contributed by atoms with Gasteiger partial charge in [0.1, 0.15) is 4.99 Å². The van der Waals surface area contributed by atoms with Crippen molar-refractivity contribution in [1.82, 2.24) is 5.32 Å². The van der Waals surface area contributed by atoms with Crippen LogP contribution in [0.2, 0.25) is 5.02 Å². The van der Waals surface area contributed by atoms with Crippen molar-refractivity contribution in [1.29, 1.82) is 0 Å². The maximum absolute atomic E-state index is 11.5. The first kappa shape index (κ1) is 15.7. The maximum Gasteiger partial charge on any atom is 0.221 e. The topological polar surface area (TPSA) is 67.2 Å². The Bertz CT molecular complexity index is 477. The van der Waals surface area contributed by atoms with E-state index in [4.69, 9.17) is 29.6 Å². The average Bonchev–Trinajstić information content (AvgIpc) is 2.27. The molecule has 0 aromatic heterocycles. The molecule has 0 aliphatic carbocycles. The normalized spacial score (nSPS) is 10.3. The van der Waals surface area contributed by atoms with E-state index in [1.54, 1.807) is 18.2 Å². The SMILES string of the molecule is CC(C)NC(=O)CCNc1cc(Cl)ccc1C(N)=S. The number of rotatable bonds is 6. The van der Waals surface area contributed by atoms with Gasteiger partial charge < -0.3 is 16.4 Å². The van der Waals surface area contributed by atoms with Crippen LogP contribution in [0.5, 0.6) is 0 Å². The van der Waals surface area contributed by atoms with Gasteiger partial charge in [0.2, 0.25) is 5.91 Å². The summed E-state index contributed by atoms with van der Waals surface area (Å²) in [6, 6.07) is 5.38. The number of halogens is 1. The van der Waals surface area contributed by atoms with Crippen molar-refractivity contribution in [3.63, 3.8) is 0 Å². The predicted molar refractivity (Wildman–Crippen MR) is 83.7 cm³/mol. The first-order valence-electron chi connectivity index (χ1n) is 6.02. The summed E-state index contributed by atoms with van der Waals surface area (Å²) in [6.45, 7) is 4.34. The zero-order chi connectivity index (χ0) is 14.4. The highest BCUT2D eigenvalue weighted by Gasteiger charge is 2.07. The molecule has 4 N–H and O–H groups in total. The number of nitrogens with two attached hydrogens (primary N) is 1. The fourth-order valence-corrected chi connectivity index (χ4v) is 1.93. The number of hydrogen-bond donors (Lipinski definition) is 3. The van der Waals surface area contributed by atoms with Crippen LogP contribution in [0.25, 0.3) is 0 Å². The zero-order valence-corrected chi connectivity index (χ0v) is 12.6. The Morgan fingerprint density at radius 3 is 2.74 bits per heavy atom. The van der Waals surface area contributed by atoms with Crippen molar-refractivity contribution in [3.05, 3.63) is 28.8 Å². The molecule has 0 heterocycles. The van der Waals surface area contributed by atoms with Gasteiger partial charge in [0, 0.05) is 35.3 Å². The number of anilines is 1. The smallest absolute Gasteiger partial charge is 0.221 e. The van der Waals surface area contributed by atoms with E-state index in [9.17, 15) is 4.79 Å². The van der Waals surface area contributed by atoms with Gasteiger partial charge in [0.25, 0.3) is 0 Å². The molecule has 19 heavy (non-hydrogen) atoms. The van der Waals surface area contributed by atoms with Gasteiger partial charge in [-0.15, -0.1) is 0 Å². The molecule has 1 aromatic carbocycles. The van der Waals surface area contributed by atoms with Gasteiger partial charge in [-0.1, -0.05) is 23.8 Å². The van der Waals surface area contributed by atoms with E-state index in [-0.39, 0.29) is 11.9 Å². The van der Waals surface area contributed by atoms with Crippen LogP contribution in [0.4, 0.5) is 5.69 Å². The van der Waals surface area contributed by atoms with Crippen LogP contribution in [-0.2, 0) is 4.79 Å². The number of benzene rings is 1. The summed E-state index contributed by atoms with van der Waals surface area (Å²) in [4.78, 5) is 11.8. The van der Waals surface area contributed by atoms with E-state index in [0.717, 1.165) is 11.3 Å². The third-order valence-electron chi connectivity index (χ3n) is 2.36. The van der Waals surface area contributed by atoms with Gasteiger partial charge in [-0.25, -0.2) is 0 Å². The Labute approximate surface area is 123 Å². The monoisotopic (exact) mass is 299 g/mol. The zero-order valence-electron chi connectivity index (χ0n) is 11.0. The molecule has 1 aromatic rings. The van der Waals surface area contributed by atoms with Crippen LogP contribution in [0.1, 0.15) is 25.8 Å². The average molecular weight is 300 g/mol. The van der Waals surface area contributed by atoms with Crippen molar-refractivity contribution in [2.24, 2.45) is 5.73 Å². The predicted octanol–water partition coefficient (Wildman–Crippen LogP) is 2.30. The van der Waals surface area contributed by atoms with Crippen LogP contribution >= 0.6 is 23.8 Å². The first-order valence-corrected chi connectivity index (χ1v) is 6.81. The molecular formula is C13H18ClN3OS. The second-order valence-electron chi connectivity index (χ2n) is 4.45. The Balaban J connectivity index is 2.60. The van der Waals surface area contributed by atoms with Gasteiger partial charge >= 0.3 is 0 Å². The molecule has 0 radical (unpaired) electrons. The molecule has 1 rings (SSSR count). The molecule has 0 aliphatic rings. The summed E-state index contributed by atoms with van der Waals surface area (Å²) in [6.07, 6.45) is 0.376. The van der Waals surface area contributed by atoms with Crippen molar-refractivity contribution < 1.29 is 4.79 Å². The molecule has 6 heteroatoms. The van der Waals surface area contributed by atoms with Crippen LogP contribution in [0.3, 0.4) is 0 Å². The van der Waals surface area contributed by atoms with E-state index in [2.05, 4.69) is 10.6 Å². The fourth-order valence-electron chi connectivity index (χ4n) is 1.58. The van der Waals surface area contributed by atoms with Gasteiger partial charge in [-0.2, -0.15) is 0 Å². The Morgan fingerprint density at radius 2 is 2.16 bits per heavy atom. The van der Waals surface area contributed by atoms with Gasteiger partial charge in [-0.05, 0) is 32.0 Å². The molecule has 1 amide bonds. The lowest BCUT2D eigenvalue weighted by Gasteiger charge is -2.12. The first-order chi connectivity index (χ1) is 8.90. The van der Waals surface area contributed by atoms with Crippen LogP contribution in [-0.4, -0.2) is 23.5 Å². The number of nitrogens with one attached hydrogen (secondary N) is 2. The van der Waals surface area contributed by atoms with E-state index in [1.807, 2.05) is 13.8 Å². The Kier molecular flexibility index (Phi) is 6.05. The van der Waals surface area contributed by atoms with Crippen molar-refractivity contribution in [3.8, 4) is 0 Å². The molecule has 0 atom stereocenters. The minimum Gasteiger partial charge on any atom is -0.389 e. The molecule has 4 nitrogen and oxygen atoms in total. The van der Waals surface area contributed by atoms with E-state index >= 15 is 0 Å². The van der Waals surface area contributed by atoms with Crippen molar-refractivity contribution in [2.45, 2.75) is 26.3 Å². The summed E-state index contributed by atoms with van der Waals surface area (Å²) in [5.41, 5.74) is 7.10. The third-order valence-corrected chi connectivity index (χ3v) is 2.82. The molecule has 0 spiro atoms. The maximum atomic E-state index is 11.5. The molecular weight excluding hydrogens is 282 g/mol. The van der Waals surface area contributed by atoms with E-state index < -0.39 is 0 Å². The summed E-state index contributed by atoms with van der Waals surface area (Å²) in [5, 5.41) is 6.54. The molecule has 0 saturated carbocycles. The van der Waals surface area contributed by atoms with Gasteiger partial charge in [-0.3, -0.25) is 4.79 Å². The lowest BCUT2D eigenvalue weighted by Crippen LogP contribution is -2.31. The lowest BCUT2D eigenvalue weighted by atomic mass is 10.1. The standard InChI is InChI=1S/C13H18ClN3OS/c1-8(2)17-12(18)5-6-16-11-7-9(14)3-4-10(11)13(15)19/h3-4,7-8,16H,5-6H2,1-2H3,(H2,15,19)(H,17,18). The second-order valence-corrected chi connectivity index (χ2v) is 5.33. The Morgan fingerprint density at radius 1 is 1.47 bits per heavy atom. The lowest BCUT2D eigenvalue weighted by molar-refractivity contribution is -0.121. The highest BCUT2D eigenvalue weighted by molar-refractivity contribution is 7.80. The summed E-state index contributed by atoms with van der Waals surface area (Å²) >= 11 is 10.9. The molecule has 104 valence electrons. The highest BCUT2D eigenvalue weighted by Crippen LogP contribution is 2.21. The van der Waals surface area contributed by atoms with E-state index in [1.165, 1.54) is 0 Å². The number of hydrogen-bond acceptors (Lipinski definition) is 3. The van der Waals surface area contributed by atoms with Crippen LogP contribution < -0.4 is 16.4 Å². The van der Waals surface area contributed by atoms with Crippen LogP contribution in [0, 0.1) is 0 Å². The quantitative estimate of drug-likeness (QED) is 0.705. The minimum atomic E-state index is 0.00130. The molecule has 0 aliphatic heterocycles. The molecule has 0 bridgehead atoms. The van der Waals surface area contributed by atoms with Gasteiger partial charge in [0.05, 0.1) is 0 Å². The van der Waals surface area contributed by atoms with Crippen LogP contribution in [0.15, 0.2) is 18.2 Å². The molecule has 0 fully saturated rings. The minimum absolute atomic E-state index is 0.00130. The number of amides is 1. The van der Waals surface area contributed by atoms with E-state index in [0.29, 0.717) is 23.0 Å². The number of carbonyl (C=O) groups excluding carboxylic acids is 1. The largest absolute Gasteiger partial charge is 0.389 e. The van der Waals surface area contributed by atoms with Crippen molar-refractivity contribution in [2.75, 3.05) is 11.9 Å². The second kappa shape index (κ2) is 7.31. The number of carbonyl (C=O) groups is 1. The summed E-state index contributed by atoms with van der Waals surface area (Å²) in [7, 11) is 0. The third kappa shape index (κ3) is 5.44. The summed E-state index contributed by atoms with van der Waals surface area (Å²) < 4.78 is 0. The highest BCUT2D eigenvalue weighted by atomic mass is 35.5. The molecule has 0 saturated heterocycles. The Hall–Kier alpha value is -1.33. The molecule has 0 unspecified atom stereocenters. The number of thiocarbonyl (C=S) groups is 1.